The molecular weight excluding hydrogens is 196 g/mol. The summed E-state index contributed by atoms with van der Waals surface area (Å²) in [6, 6.07) is 10.6. The van der Waals surface area contributed by atoms with Gasteiger partial charge >= 0.3 is 0 Å². The summed E-state index contributed by atoms with van der Waals surface area (Å²) in [5, 5.41) is 3.65. The van der Waals surface area contributed by atoms with Crippen LogP contribution in [0.25, 0.3) is 0 Å². The summed E-state index contributed by atoms with van der Waals surface area (Å²) in [7, 11) is 2.18. The van der Waals surface area contributed by atoms with E-state index in [2.05, 4.69) is 54.5 Å². The predicted octanol–water partition coefficient (Wildman–Crippen LogP) is 2.66. The minimum Gasteiger partial charge on any atom is -0.373 e. The van der Waals surface area contributed by atoms with Crippen molar-refractivity contribution in [3.8, 4) is 0 Å². The van der Waals surface area contributed by atoms with Crippen molar-refractivity contribution in [3.05, 3.63) is 30.3 Å². The van der Waals surface area contributed by atoms with Crippen LogP contribution in [-0.2, 0) is 0 Å². The Labute approximate surface area is 98.7 Å². The highest BCUT2D eigenvalue weighted by Crippen LogP contribution is 2.22. The second-order valence-corrected chi connectivity index (χ2v) is 5.14. The van der Waals surface area contributed by atoms with Crippen molar-refractivity contribution in [2.75, 3.05) is 25.0 Å². The lowest BCUT2D eigenvalue weighted by atomic mass is 9.90. The normalized spacial score (nSPS) is 25.4. The third-order valence-corrected chi connectivity index (χ3v) is 3.49. The first-order valence-corrected chi connectivity index (χ1v) is 6.21. The maximum absolute atomic E-state index is 3.65. The molecule has 1 aromatic rings. The maximum Gasteiger partial charge on any atom is 0.0364 e. The van der Waals surface area contributed by atoms with Crippen LogP contribution in [0.15, 0.2) is 30.3 Å². The third kappa shape index (κ3) is 2.76. The van der Waals surface area contributed by atoms with Crippen molar-refractivity contribution in [1.82, 2.24) is 5.32 Å². The summed E-state index contributed by atoms with van der Waals surface area (Å²) in [6.07, 6.45) is 3.96. The van der Waals surface area contributed by atoms with E-state index in [9.17, 15) is 0 Å². The topological polar surface area (TPSA) is 15.3 Å². The van der Waals surface area contributed by atoms with Gasteiger partial charge in [-0.1, -0.05) is 24.6 Å². The zero-order valence-corrected chi connectivity index (χ0v) is 10.4. The minimum absolute atomic E-state index is 0.281. The predicted molar refractivity (Wildman–Crippen MR) is 70.0 cm³/mol. The number of anilines is 1. The molecular formula is C14H22N2. The maximum atomic E-state index is 3.65. The van der Waals surface area contributed by atoms with Gasteiger partial charge in [-0.2, -0.15) is 0 Å². The van der Waals surface area contributed by atoms with Gasteiger partial charge in [0.15, 0.2) is 0 Å². The van der Waals surface area contributed by atoms with Gasteiger partial charge in [0.2, 0.25) is 0 Å². The highest BCUT2D eigenvalue weighted by atomic mass is 15.2. The lowest BCUT2D eigenvalue weighted by molar-refractivity contribution is 0.283. The van der Waals surface area contributed by atoms with Crippen molar-refractivity contribution in [1.29, 1.82) is 0 Å². The lowest BCUT2D eigenvalue weighted by Gasteiger charge is -2.38. The standard InChI is InChI=1S/C14H22N2/c1-14(10-6-7-11-15-14)12-16(2)13-8-4-3-5-9-13/h3-5,8-9,15H,6-7,10-12H2,1-2H3. The number of hydrogen-bond donors (Lipinski definition) is 1. The lowest BCUT2D eigenvalue weighted by Crippen LogP contribution is -2.53. The third-order valence-electron chi connectivity index (χ3n) is 3.49. The number of hydrogen-bond acceptors (Lipinski definition) is 2. The van der Waals surface area contributed by atoms with Crippen molar-refractivity contribution >= 4 is 5.69 Å². The Balaban J connectivity index is 1.98. The van der Waals surface area contributed by atoms with Crippen LogP contribution < -0.4 is 10.2 Å². The number of piperidine rings is 1. The van der Waals surface area contributed by atoms with E-state index in [0.717, 1.165) is 6.54 Å². The SMILES string of the molecule is CN(CC1(C)CCCCN1)c1ccccc1. The van der Waals surface area contributed by atoms with Gasteiger partial charge in [-0.3, -0.25) is 0 Å². The molecule has 1 unspecified atom stereocenters. The van der Waals surface area contributed by atoms with Crippen molar-refractivity contribution in [2.45, 2.75) is 31.7 Å². The molecule has 1 saturated heterocycles. The van der Waals surface area contributed by atoms with E-state index in [-0.39, 0.29) is 5.54 Å². The quantitative estimate of drug-likeness (QED) is 0.839. The molecule has 0 aliphatic carbocycles. The molecule has 1 aliphatic rings. The Morgan fingerprint density at radius 1 is 1.25 bits per heavy atom. The molecule has 2 rings (SSSR count). The zero-order valence-electron chi connectivity index (χ0n) is 10.4. The molecule has 88 valence electrons. The second-order valence-electron chi connectivity index (χ2n) is 5.14. The number of nitrogens with zero attached hydrogens (tertiary/aromatic N) is 1. The van der Waals surface area contributed by atoms with Crippen LogP contribution in [0.5, 0.6) is 0 Å². The summed E-state index contributed by atoms with van der Waals surface area (Å²) >= 11 is 0. The molecule has 2 nitrogen and oxygen atoms in total. The van der Waals surface area contributed by atoms with E-state index >= 15 is 0 Å². The zero-order chi connectivity index (χ0) is 11.4. The van der Waals surface area contributed by atoms with Crippen molar-refractivity contribution < 1.29 is 0 Å². The summed E-state index contributed by atoms with van der Waals surface area (Å²) in [5.41, 5.74) is 1.58. The van der Waals surface area contributed by atoms with Gasteiger partial charge in [0.05, 0.1) is 0 Å². The fourth-order valence-electron chi connectivity index (χ4n) is 2.55. The Morgan fingerprint density at radius 3 is 2.62 bits per heavy atom. The molecule has 0 radical (unpaired) electrons. The summed E-state index contributed by atoms with van der Waals surface area (Å²) in [6.45, 7) is 4.59. The van der Waals surface area contributed by atoms with E-state index in [1.54, 1.807) is 0 Å². The van der Waals surface area contributed by atoms with E-state index in [4.69, 9.17) is 0 Å². The van der Waals surface area contributed by atoms with Gasteiger partial charge in [0.1, 0.15) is 0 Å². The molecule has 0 bridgehead atoms. The first kappa shape index (κ1) is 11.5. The molecule has 0 amide bonds. The number of para-hydroxylation sites is 1. The van der Waals surface area contributed by atoms with Crippen molar-refractivity contribution in [2.24, 2.45) is 0 Å². The Morgan fingerprint density at radius 2 is 2.00 bits per heavy atom. The van der Waals surface area contributed by atoms with E-state index < -0.39 is 0 Å². The van der Waals surface area contributed by atoms with Gasteiger partial charge in [0.25, 0.3) is 0 Å². The van der Waals surface area contributed by atoms with Gasteiger partial charge in [-0.15, -0.1) is 0 Å². The van der Waals surface area contributed by atoms with Crippen LogP contribution in [0.2, 0.25) is 0 Å². The summed E-state index contributed by atoms with van der Waals surface area (Å²) in [4.78, 5) is 2.35. The smallest absolute Gasteiger partial charge is 0.0364 e. The van der Waals surface area contributed by atoms with Gasteiger partial charge in [-0.25, -0.2) is 0 Å². The van der Waals surface area contributed by atoms with Crippen LogP contribution in [0.3, 0.4) is 0 Å². The molecule has 1 fully saturated rings. The Kier molecular flexibility index (Phi) is 3.49. The molecule has 16 heavy (non-hydrogen) atoms. The number of rotatable bonds is 3. The summed E-state index contributed by atoms with van der Waals surface area (Å²) in [5.74, 6) is 0. The Bertz CT molecular complexity index is 315. The van der Waals surface area contributed by atoms with Crippen molar-refractivity contribution in [3.63, 3.8) is 0 Å². The summed E-state index contributed by atoms with van der Waals surface area (Å²) < 4.78 is 0. The molecule has 1 aliphatic heterocycles. The highest BCUT2D eigenvalue weighted by Gasteiger charge is 2.27. The first-order valence-electron chi connectivity index (χ1n) is 6.21. The van der Waals surface area contributed by atoms with Gasteiger partial charge in [-0.05, 0) is 38.4 Å². The largest absolute Gasteiger partial charge is 0.373 e. The second kappa shape index (κ2) is 4.88. The fraction of sp³-hybridized carbons (Fsp3) is 0.571. The van der Waals surface area contributed by atoms with Crippen LogP contribution in [0.1, 0.15) is 26.2 Å². The molecule has 0 aromatic heterocycles. The average molecular weight is 218 g/mol. The fourth-order valence-corrected chi connectivity index (χ4v) is 2.55. The number of nitrogens with one attached hydrogen (secondary N) is 1. The molecule has 1 heterocycles. The average Bonchev–Trinajstić information content (AvgIpc) is 2.30. The first-order chi connectivity index (χ1) is 7.70. The van der Waals surface area contributed by atoms with Crippen LogP contribution in [0, 0.1) is 0 Å². The monoisotopic (exact) mass is 218 g/mol. The molecule has 1 atom stereocenters. The molecule has 0 spiro atoms. The molecule has 0 saturated carbocycles. The molecule has 2 heteroatoms. The van der Waals surface area contributed by atoms with Crippen LogP contribution in [0.4, 0.5) is 5.69 Å². The van der Waals surface area contributed by atoms with Gasteiger partial charge in [0, 0.05) is 24.8 Å². The Hall–Kier alpha value is -1.02. The van der Waals surface area contributed by atoms with E-state index in [1.165, 1.54) is 31.5 Å². The van der Waals surface area contributed by atoms with E-state index in [0.29, 0.717) is 0 Å². The number of benzene rings is 1. The van der Waals surface area contributed by atoms with E-state index in [1.807, 2.05) is 0 Å². The van der Waals surface area contributed by atoms with Crippen LogP contribution in [-0.4, -0.2) is 25.7 Å². The number of likely N-dealkylation sites (N-methyl/N-ethyl adjacent to an activating group) is 1. The molecule has 1 aromatic carbocycles. The highest BCUT2D eigenvalue weighted by molar-refractivity contribution is 5.45. The van der Waals surface area contributed by atoms with Gasteiger partial charge < -0.3 is 10.2 Å². The molecule has 1 N–H and O–H groups in total. The van der Waals surface area contributed by atoms with Crippen LogP contribution >= 0.6 is 0 Å². The minimum atomic E-state index is 0.281.